The molecule has 0 unspecified atom stereocenters. The van der Waals surface area contributed by atoms with Gasteiger partial charge < -0.3 is 34.1 Å². The number of carbonyl (C=O) groups excluding carboxylic acids is 2. The lowest BCUT2D eigenvalue weighted by Crippen LogP contribution is -2.53. The number of nitrogens with zero attached hydrogens (tertiary/aromatic N) is 5. The summed E-state index contributed by atoms with van der Waals surface area (Å²) in [6.45, 7) is 20.2. The fourth-order valence-electron chi connectivity index (χ4n) is 6.22. The van der Waals surface area contributed by atoms with Gasteiger partial charge in [-0.1, -0.05) is 36.9 Å². The Bertz CT molecular complexity index is 1800. The number of fused-ring (bicyclic) bond motifs is 1. The summed E-state index contributed by atoms with van der Waals surface area (Å²) in [5.41, 5.74) is 5.88. The highest BCUT2D eigenvalue weighted by Crippen LogP contribution is 2.36. The van der Waals surface area contributed by atoms with E-state index in [9.17, 15) is 9.59 Å². The van der Waals surface area contributed by atoms with Crippen LogP contribution >= 0.6 is 0 Å². The quantitative estimate of drug-likeness (QED) is 0.136. The summed E-state index contributed by atoms with van der Waals surface area (Å²) in [6, 6.07) is 7.19. The average molecular weight is 690 g/mol. The monoisotopic (exact) mass is 689 g/mol. The topological polar surface area (TPSA) is 137 Å². The number of likely N-dealkylation sites (tertiary alicyclic amines) is 1. The Morgan fingerprint density at radius 1 is 1.12 bits per heavy atom. The first-order valence-corrected chi connectivity index (χ1v) is 20.7. The third-order valence-corrected chi connectivity index (χ3v) is 10.4. The number of anilines is 1. The number of ether oxygens (including phenoxy) is 2. The number of nitrogens with one attached hydrogen (secondary N) is 2. The summed E-state index contributed by atoms with van der Waals surface area (Å²) in [7, 11) is 0.361. The second kappa shape index (κ2) is 14.3. The van der Waals surface area contributed by atoms with E-state index in [0.29, 0.717) is 32.3 Å². The first-order valence-electron chi connectivity index (χ1n) is 17.0. The third kappa shape index (κ3) is 8.68. The van der Waals surface area contributed by atoms with Gasteiger partial charge in [0.15, 0.2) is 0 Å². The van der Waals surface area contributed by atoms with Crippen LogP contribution in [0.1, 0.15) is 44.2 Å². The summed E-state index contributed by atoms with van der Waals surface area (Å²) in [4.78, 5) is 37.0. The number of carbonyl (C=O) groups is 2. The Balaban J connectivity index is 1.48. The maximum Gasteiger partial charge on any atom is 0.410 e. The van der Waals surface area contributed by atoms with Gasteiger partial charge in [-0.25, -0.2) is 14.8 Å². The lowest BCUT2D eigenvalue weighted by molar-refractivity contribution is -0.126. The molecule has 49 heavy (non-hydrogen) atoms. The van der Waals surface area contributed by atoms with Crippen LogP contribution in [0.3, 0.4) is 0 Å². The standard InChI is InChI=1S/C36H51N7O5Si/c1-22-17-38-34(39-27-15-26(33(44)37-7)18-42(19-27)35(45)47-36(4,5)6)40-32(22)29-20-43(21-46-13-14-49(8,9)10)30-16-25(11-12-28(29)30)31-23(2)41-48-24(31)3/h11-12,16-17,20,26-27H,13-15,18-19,21H2,1-10H3,(H,37,44)(H,38,39,40)/t26-,27+/m1/s1. The Hall–Kier alpha value is -4.23. The van der Waals surface area contributed by atoms with Crippen molar-refractivity contribution < 1.29 is 23.6 Å². The molecule has 264 valence electrons. The lowest BCUT2D eigenvalue weighted by atomic mass is 9.93. The van der Waals surface area contributed by atoms with Crippen molar-refractivity contribution in [3.05, 3.63) is 47.6 Å². The van der Waals surface area contributed by atoms with E-state index in [1.807, 2.05) is 41.5 Å². The van der Waals surface area contributed by atoms with Gasteiger partial charge in [0.1, 0.15) is 18.1 Å². The number of amides is 2. The molecule has 5 rings (SSSR count). The fourth-order valence-corrected chi connectivity index (χ4v) is 6.98. The first-order chi connectivity index (χ1) is 23.0. The molecule has 1 aromatic carbocycles. The van der Waals surface area contributed by atoms with Gasteiger partial charge in [-0.2, -0.15) is 0 Å². The number of aryl methyl sites for hydroxylation is 3. The van der Waals surface area contributed by atoms with Crippen LogP contribution in [-0.4, -0.2) is 83.1 Å². The van der Waals surface area contributed by atoms with Crippen LogP contribution in [0.4, 0.5) is 10.7 Å². The van der Waals surface area contributed by atoms with Crippen molar-refractivity contribution in [2.75, 3.05) is 32.1 Å². The van der Waals surface area contributed by atoms with Crippen LogP contribution in [0.25, 0.3) is 33.3 Å². The SMILES string of the molecule is CNC(=O)[C@@H]1C[C@H](Nc2ncc(C)c(-c3cn(COCC[Si](C)(C)C)c4cc(-c5c(C)noc5C)ccc34)n2)CN(C(=O)OC(C)(C)C)C1. The van der Waals surface area contributed by atoms with Crippen molar-refractivity contribution in [1.29, 1.82) is 0 Å². The van der Waals surface area contributed by atoms with Crippen molar-refractivity contribution in [2.45, 2.75) is 92.0 Å². The molecule has 2 N–H and O–H groups in total. The van der Waals surface area contributed by atoms with Crippen LogP contribution in [0.5, 0.6) is 0 Å². The van der Waals surface area contributed by atoms with Crippen molar-refractivity contribution in [1.82, 2.24) is 29.9 Å². The smallest absolute Gasteiger partial charge is 0.410 e. The second-order valence-electron chi connectivity index (χ2n) is 15.3. The number of piperidine rings is 1. The summed E-state index contributed by atoms with van der Waals surface area (Å²) in [5, 5.41) is 11.4. The van der Waals surface area contributed by atoms with Crippen molar-refractivity contribution in [3.63, 3.8) is 0 Å². The fraction of sp³-hybridized carbons (Fsp3) is 0.528. The van der Waals surface area contributed by atoms with Gasteiger partial charge in [-0.15, -0.1) is 0 Å². The molecular formula is C36H51N7O5Si. The zero-order valence-electron chi connectivity index (χ0n) is 30.6. The number of hydrogen-bond donors (Lipinski definition) is 2. The molecule has 0 aliphatic carbocycles. The van der Waals surface area contributed by atoms with E-state index < -0.39 is 25.7 Å². The van der Waals surface area contributed by atoms with E-state index >= 15 is 0 Å². The van der Waals surface area contributed by atoms with Crippen molar-refractivity contribution in [2.24, 2.45) is 5.92 Å². The third-order valence-electron chi connectivity index (χ3n) is 8.71. The molecule has 12 nitrogen and oxygen atoms in total. The number of aromatic nitrogens is 4. The summed E-state index contributed by atoms with van der Waals surface area (Å²) >= 11 is 0. The van der Waals surface area contributed by atoms with E-state index in [0.717, 1.165) is 56.3 Å². The van der Waals surface area contributed by atoms with Crippen LogP contribution in [0.15, 0.2) is 35.1 Å². The van der Waals surface area contributed by atoms with Gasteiger partial charge in [-0.3, -0.25) is 4.79 Å². The Morgan fingerprint density at radius 2 is 1.88 bits per heavy atom. The van der Waals surface area contributed by atoms with Gasteiger partial charge in [0, 0.05) is 69.8 Å². The molecule has 1 aliphatic heterocycles. The number of benzene rings is 1. The second-order valence-corrected chi connectivity index (χ2v) is 20.9. The zero-order chi connectivity index (χ0) is 35.7. The van der Waals surface area contributed by atoms with Gasteiger partial charge >= 0.3 is 6.09 Å². The molecule has 0 radical (unpaired) electrons. The molecular weight excluding hydrogens is 639 g/mol. The molecule has 1 aliphatic rings. The summed E-state index contributed by atoms with van der Waals surface area (Å²) in [6.07, 6.45) is 3.97. The van der Waals surface area contributed by atoms with E-state index in [1.54, 1.807) is 18.1 Å². The van der Waals surface area contributed by atoms with Gasteiger partial charge in [0.2, 0.25) is 11.9 Å². The van der Waals surface area contributed by atoms with Crippen LogP contribution in [0, 0.1) is 26.7 Å². The molecule has 13 heteroatoms. The van der Waals surface area contributed by atoms with E-state index in [2.05, 4.69) is 69.4 Å². The molecule has 1 saturated heterocycles. The molecule has 3 aromatic heterocycles. The minimum atomic E-state index is -1.25. The van der Waals surface area contributed by atoms with Crippen LogP contribution in [0.2, 0.25) is 25.7 Å². The minimum absolute atomic E-state index is 0.124. The van der Waals surface area contributed by atoms with Gasteiger partial charge in [0.25, 0.3) is 0 Å². The maximum atomic E-state index is 13.1. The van der Waals surface area contributed by atoms with Gasteiger partial charge in [-0.05, 0) is 71.2 Å². The molecule has 2 atom stereocenters. The highest BCUT2D eigenvalue weighted by molar-refractivity contribution is 6.76. The Kier molecular flexibility index (Phi) is 10.5. The highest BCUT2D eigenvalue weighted by atomic mass is 28.3. The molecule has 4 aromatic rings. The van der Waals surface area contributed by atoms with Crippen LogP contribution < -0.4 is 10.6 Å². The normalized spacial score (nSPS) is 17.0. The predicted molar refractivity (Wildman–Crippen MR) is 194 cm³/mol. The number of hydrogen-bond acceptors (Lipinski definition) is 9. The Labute approximate surface area is 289 Å². The van der Waals surface area contributed by atoms with E-state index in [1.165, 1.54) is 0 Å². The zero-order valence-corrected chi connectivity index (χ0v) is 31.6. The van der Waals surface area contributed by atoms with E-state index in [4.69, 9.17) is 19.0 Å². The number of rotatable bonds is 10. The first kappa shape index (κ1) is 36.1. The molecule has 0 spiro atoms. The van der Waals surface area contributed by atoms with Crippen molar-refractivity contribution >= 4 is 36.9 Å². The minimum Gasteiger partial charge on any atom is -0.444 e. The van der Waals surface area contributed by atoms with Crippen molar-refractivity contribution in [3.8, 4) is 22.4 Å². The molecule has 1 fully saturated rings. The summed E-state index contributed by atoms with van der Waals surface area (Å²) in [5.74, 6) is 0.670. The molecule has 4 heterocycles. The largest absolute Gasteiger partial charge is 0.444 e. The lowest BCUT2D eigenvalue weighted by Gasteiger charge is -2.38. The van der Waals surface area contributed by atoms with Crippen LogP contribution in [-0.2, 0) is 21.0 Å². The summed E-state index contributed by atoms with van der Waals surface area (Å²) < 4.78 is 19.5. The predicted octanol–water partition coefficient (Wildman–Crippen LogP) is 6.77. The average Bonchev–Trinajstić information content (AvgIpc) is 3.56. The highest BCUT2D eigenvalue weighted by Gasteiger charge is 2.36. The Morgan fingerprint density at radius 3 is 2.53 bits per heavy atom. The molecule has 2 amide bonds. The maximum absolute atomic E-state index is 13.1. The molecule has 0 bridgehead atoms. The van der Waals surface area contributed by atoms with Gasteiger partial charge in [0.05, 0.1) is 22.8 Å². The molecule has 0 saturated carbocycles. The van der Waals surface area contributed by atoms with E-state index in [-0.39, 0.29) is 18.5 Å².